The Balaban J connectivity index is 2.83. The Labute approximate surface area is 92.8 Å². The van der Waals surface area contributed by atoms with Gasteiger partial charge in [-0.15, -0.1) is 0 Å². The molecular formula is C10H10Cl2O2. The van der Waals surface area contributed by atoms with E-state index in [9.17, 15) is 4.79 Å². The molecule has 0 spiro atoms. The highest BCUT2D eigenvalue weighted by Crippen LogP contribution is 2.23. The fraction of sp³-hybridized carbons (Fsp3) is 0.300. The van der Waals surface area contributed by atoms with Gasteiger partial charge in [0, 0.05) is 5.02 Å². The maximum atomic E-state index is 11.0. The van der Waals surface area contributed by atoms with Crippen molar-refractivity contribution in [1.29, 1.82) is 0 Å². The van der Waals surface area contributed by atoms with E-state index < -0.39 is 10.8 Å². The van der Waals surface area contributed by atoms with Gasteiger partial charge in [0.25, 0.3) is 5.24 Å². The lowest BCUT2D eigenvalue weighted by atomic mass is 10.1. The molecule has 2 nitrogen and oxygen atoms in total. The first-order chi connectivity index (χ1) is 6.42. The van der Waals surface area contributed by atoms with Crippen molar-refractivity contribution in [2.75, 3.05) is 0 Å². The van der Waals surface area contributed by atoms with Crippen molar-refractivity contribution in [1.82, 2.24) is 0 Å². The standard InChI is InChI=1S/C10H10Cl2O2/c1-10(2,9(12)13)14-8-5-3-4-7(11)6-8/h3-6H,1-2H3. The van der Waals surface area contributed by atoms with Gasteiger partial charge in [-0.25, -0.2) is 0 Å². The average Bonchev–Trinajstić information content (AvgIpc) is 2.02. The Kier molecular flexibility index (Phi) is 3.40. The molecule has 0 saturated carbocycles. The summed E-state index contributed by atoms with van der Waals surface area (Å²) in [5, 5.41) is 0.0118. The number of carbonyl (C=O) groups excluding carboxylic acids is 1. The van der Waals surface area contributed by atoms with Crippen LogP contribution in [0.4, 0.5) is 0 Å². The lowest BCUT2D eigenvalue weighted by Crippen LogP contribution is -2.34. The van der Waals surface area contributed by atoms with Crippen molar-refractivity contribution in [3.8, 4) is 5.75 Å². The zero-order valence-electron chi connectivity index (χ0n) is 7.88. The summed E-state index contributed by atoms with van der Waals surface area (Å²) in [7, 11) is 0. The van der Waals surface area contributed by atoms with E-state index in [-0.39, 0.29) is 0 Å². The van der Waals surface area contributed by atoms with E-state index in [0.29, 0.717) is 10.8 Å². The SMILES string of the molecule is CC(C)(Oc1cccc(Cl)c1)C(=O)Cl. The Morgan fingerprint density at radius 2 is 2.07 bits per heavy atom. The van der Waals surface area contributed by atoms with E-state index in [4.69, 9.17) is 27.9 Å². The summed E-state index contributed by atoms with van der Waals surface area (Å²) in [5.41, 5.74) is -1.04. The normalized spacial score (nSPS) is 11.1. The van der Waals surface area contributed by atoms with Crippen LogP contribution in [0.5, 0.6) is 5.75 Å². The van der Waals surface area contributed by atoms with Crippen molar-refractivity contribution in [2.24, 2.45) is 0 Å². The van der Waals surface area contributed by atoms with Crippen LogP contribution in [0.15, 0.2) is 24.3 Å². The molecule has 0 unspecified atom stereocenters. The minimum Gasteiger partial charge on any atom is -0.479 e. The molecule has 0 atom stereocenters. The summed E-state index contributed by atoms with van der Waals surface area (Å²) in [4.78, 5) is 11.0. The van der Waals surface area contributed by atoms with Crippen LogP contribution in [-0.2, 0) is 4.79 Å². The first-order valence-electron chi connectivity index (χ1n) is 4.06. The maximum absolute atomic E-state index is 11.0. The minimum atomic E-state index is -1.04. The smallest absolute Gasteiger partial charge is 0.264 e. The Bertz CT molecular complexity index is 348. The third-order valence-electron chi connectivity index (χ3n) is 1.64. The molecule has 14 heavy (non-hydrogen) atoms. The highest BCUT2D eigenvalue weighted by molar-refractivity contribution is 6.65. The zero-order valence-corrected chi connectivity index (χ0v) is 9.39. The van der Waals surface area contributed by atoms with Crippen molar-refractivity contribution in [2.45, 2.75) is 19.4 Å². The highest BCUT2D eigenvalue weighted by Gasteiger charge is 2.27. The summed E-state index contributed by atoms with van der Waals surface area (Å²) < 4.78 is 5.38. The van der Waals surface area contributed by atoms with Crippen molar-refractivity contribution in [3.63, 3.8) is 0 Å². The van der Waals surface area contributed by atoms with Gasteiger partial charge in [-0.2, -0.15) is 0 Å². The molecule has 1 aromatic rings. The van der Waals surface area contributed by atoms with Gasteiger partial charge < -0.3 is 4.74 Å². The number of hydrogen-bond donors (Lipinski definition) is 0. The van der Waals surface area contributed by atoms with E-state index in [1.807, 2.05) is 0 Å². The van der Waals surface area contributed by atoms with E-state index in [1.165, 1.54) is 0 Å². The van der Waals surface area contributed by atoms with Crippen LogP contribution in [0.3, 0.4) is 0 Å². The highest BCUT2D eigenvalue weighted by atomic mass is 35.5. The molecule has 0 aliphatic heterocycles. The number of carbonyl (C=O) groups is 1. The monoisotopic (exact) mass is 232 g/mol. The van der Waals surface area contributed by atoms with E-state index >= 15 is 0 Å². The quantitative estimate of drug-likeness (QED) is 0.749. The van der Waals surface area contributed by atoms with E-state index in [1.54, 1.807) is 38.1 Å². The first kappa shape index (κ1) is 11.3. The van der Waals surface area contributed by atoms with Gasteiger partial charge >= 0.3 is 0 Å². The van der Waals surface area contributed by atoms with Gasteiger partial charge in [-0.05, 0) is 43.6 Å². The molecule has 0 aliphatic rings. The van der Waals surface area contributed by atoms with Crippen LogP contribution >= 0.6 is 23.2 Å². The molecule has 0 N–H and O–H groups in total. The van der Waals surface area contributed by atoms with Crippen LogP contribution in [0.25, 0.3) is 0 Å². The lowest BCUT2D eigenvalue weighted by Gasteiger charge is -2.21. The Hall–Kier alpha value is -0.730. The summed E-state index contributed by atoms with van der Waals surface area (Å²) in [5.74, 6) is 0.525. The first-order valence-corrected chi connectivity index (χ1v) is 4.82. The van der Waals surface area contributed by atoms with E-state index in [2.05, 4.69) is 0 Å². The molecule has 0 heterocycles. The van der Waals surface area contributed by atoms with E-state index in [0.717, 1.165) is 0 Å². The molecule has 76 valence electrons. The molecule has 0 radical (unpaired) electrons. The maximum Gasteiger partial charge on any atom is 0.264 e. The second kappa shape index (κ2) is 4.20. The fourth-order valence-corrected chi connectivity index (χ4v) is 1.08. The van der Waals surface area contributed by atoms with Gasteiger partial charge in [-0.3, -0.25) is 4.79 Å². The topological polar surface area (TPSA) is 26.3 Å². The predicted octanol–water partition coefficient (Wildman–Crippen LogP) is 3.26. The summed E-state index contributed by atoms with van der Waals surface area (Å²) >= 11 is 11.1. The molecular weight excluding hydrogens is 223 g/mol. The second-order valence-corrected chi connectivity index (χ2v) is 4.12. The van der Waals surface area contributed by atoms with Gasteiger partial charge in [-0.1, -0.05) is 17.7 Å². The number of hydrogen-bond acceptors (Lipinski definition) is 2. The van der Waals surface area contributed by atoms with Crippen molar-refractivity contribution < 1.29 is 9.53 Å². The Morgan fingerprint density at radius 3 is 2.57 bits per heavy atom. The lowest BCUT2D eigenvalue weighted by molar-refractivity contribution is -0.123. The Morgan fingerprint density at radius 1 is 1.43 bits per heavy atom. The van der Waals surface area contributed by atoms with Gasteiger partial charge in [0.2, 0.25) is 0 Å². The average molecular weight is 233 g/mol. The molecule has 0 bridgehead atoms. The van der Waals surface area contributed by atoms with Gasteiger partial charge in [0.05, 0.1) is 0 Å². The largest absolute Gasteiger partial charge is 0.479 e. The zero-order chi connectivity index (χ0) is 10.8. The van der Waals surface area contributed by atoms with Crippen molar-refractivity contribution in [3.05, 3.63) is 29.3 Å². The number of halogens is 2. The van der Waals surface area contributed by atoms with Crippen LogP contribution in [0, 0.1) is 0 Å². The molecule has 0 fully saturated rings. The van der Waals surface area contributed by atoms with Gasteiger partial charge in [0.1, 0.15) is 5.75 Å². The molecule has 0 amide bonds. The molecule has 4 heteroatoms. The summed E-state index contributed by atoms with van der Waals surface area (Å²) in [6.45, 7) is 3.20. The van der Waals surface area contributed by atoms with Crippen LogP contribution in [0.1, 0.15) is 13.8 Å². The van der Waals surface area contributed by atoms with Crippen LogP contribution < -0.4 is 4.74 Å². The third kappa shape index (κ3) is 2.89. The molecule has 0 aliphatic carbocycles. The van der Waals surface area contributed by atoms with Crippen LogP contribution in [0.2, 0.25) is 5.02 Å². The molecule has 1 aromatic carbocycles. The number of rotatable bonds is 3. The molecule has 1 rings (SSSR count). The number of ether oxygens (including phenoxy) is 1. The number of benzene rings is 1. The summed E-state index contributed by atoms with van der Waals surface area (Å²) in [6, 6.07) is 6.81. The predicted molar refractivity (Wildman–Crippen MR) is 57.0 cm³/mol. The van der Waals surface area contributed by atoms with Crippen LogP contribution in [-0.4, -0.2) is 10.8 Å². The van der Waals surface area contributed by atoms with Crippen molar-refractivity contribution >= 4 is 28.4 Å². The van der Waals surface area contributed by atoms with Gasteiger partial charge in [0.15, 0.2) is 5.60 Å². The minimum absolute atomic E-state index is 0.525. The fourth-order valence-electron chi connectivity index (χ4n) is 0.865. The molecule has 0 saturated heterocycles. The molecule has 0 aromatic heterocycles. The third-order valence-corrected chi connectivity index (χ3v) is 2.33. The summed E-state index contributed by atoms with van der Waals surface area (Å²) in [6.07, 6.45) is 0. The second-order valence-electron chi connectivity index (χ2n) is 3.34.